The van der Waals surface area contributed by atoms with Crippen molar-refractivity contribution in [3.63, 3.8) is 0 Å². The summed E-state index contributed by atoms with van der Waals surface area (Å²) in [7, 11) is 0. The number of nitrogens with two attached hydrogens (primary N) is 1. The van der Waals surface area contributed by atoms with E-state index >= 15 is 0 Å². The summed E-state index contributed by atoms with van der Waals surface area (Å²) < 4.78 is 0. The molecule has 3 nitrogen and oxygen atoms in total. The van der Waals surface area contributed by atoms with Crippen LogP contribution in [0, 0.1) is 16.2 Å². The third-order valence-corrected chi connectivity index (χ3v) is 4.24. The van der Waals surface area contributed by atoms with Gasteiger partial charge in [0.2, 0.25) is 5.91 Å². The van der Waals surface area contributed by atoms with E-state index in [9.17, 15) is 4.79 Å². The molecular formula is C18H36N2O. The van der Waals surface area contributed by atoms with E-state index in [2.05, 4.69) is 53.8 Å². The molecule has 0 aromatic rings. The van der Waals surface area contributed by atoms with Gasteiger partial charge in [0.05, 0.1) is 0 Å². The molecule has 1 aliphatic carbocycles. The Morgan fingerprint density at radius 2 is 1.67 bits per heavy atom. The van der Waals surface area contributed by atoms with Gasteiger partial charge in [0, 0.05) is 18.5 Å². The Morgan fingerprint density at radius 1 is 1.19 bits per heavy atom. The zero-order valence-electron chi connectivity index (χ0n) is 15.2. The van der Waals surface area contributed by atoms with Crippen LogP contribution in [0.15, 0.2) is 0 Å². The predicted molar refractivity (Wildman–Crippen MR) is 90.0 cm³/mol. The lowest BCUT2D eigenvalue weighted by molar-refractivity contribution is -0.123. The molecule has 0 heterocycles. The molecule has 1 fully saturated rings. The minimum Gasteiger partial charge on any atom is -0.353 e. The van der Waals surface area contributed by atoms with E-state index in [1.165, 1.54) is 6.42 Å². The molecule has 1 saturated carbocycles. The lowest BCUT2D eigenvalue weighted by atomic mass is 9.63. The largest absolute Gasteiger partial charge is 0.353 e. The SMILES string of the molecule is CC(C)(C)CC(N)CC(=O)NC1CC(C)(C)CC(C)(C)C1. The molecule has 21 heavy (non-hydrogen) atoms. The van der Waals surface area contributed by atoms with Crippen LogP contribution in [0.25, 0.3) is 0 Å². The summed E-state index contributed by atoms with van der Waals surface area (Å²) in [6.45, 7) is 15.7. The van der Waals surface area contributed by atoms with Crippen molar-refractivity contribution >= 4 is 5.91 Å². The summed E-state index contributed by atoms with van der Waals surface area (Å²) in [4.78, 5) is 12.2. The fraction of sp³-hybridized carbons (Fsp3) is 0.944. The molecule has 1 aliphatic rings. The smallest absolute Gasteiger partial charge is 0.221 e. The topological polar surface area (TPSA) is 55.1 Å². The van der Waals surface area contributed by atoms with Gasteiger partial charge in [0.15, 0.2) is 0 Å². The van der Waals surface area contributed by atoms with Crippen LogP contribution in [-0.2, 0) is 4.79 Å². The first-order valence-electron chi connectivity index (χ1n) is 8.33. The first-order chi connectivity index (χ1) is 9.28. The molecule has 0 radical (unpaired) electrons. The second-order valence-electron chi connectivity index (χ2n) is 9.91. The van der Waals surface area contributed by atoms with Crippen molar-refractivity contribution in [3.05, 3.63) is 0 Å². The Bertz CT molecular complexity index is 350. The summed E-state index contributed by atoms with van der Waals surface area (Å²) in [5.41, 5.74) is 6.88. The standard InChI is InChI=1S/C18H36N2O/c1-16(2,3)9-13(19)8-15(21)20-14-10-17(4,5)12-18(6,7)11-14/h13-14H,8-12,19H2,1-7H3,(H,20,21). The van der Waals surface area contributed by atoms with Crippen LogP contribution < -0.4 is 11.1 Å². The Morgan fingerprint density at radius 3 is 2.10 bits per heavy atom. The normalized spacial score (nSPS) is 23.6. The van der Waals surface area contributed by atoms with Crippen molar-refractivity contribution in [2.24, 2.45) is 22.0 Å². The van der Waals surface area contributed by atoms with Crippen molar-refractivity contribution in [1.29, 1.82) is 0 Å². The van der Waals surface area contributed by atoms with Crippen LogP contribution in [0.4, 0.5) is 0 Å². The maximum Gasteiger partial charge on any atom is 0.221 e. The van der Waals surface area contributed by atoms with Crippen LogP contribution in [0.3, 0.4) is 0 Å². The highest BCUT2D eigenvalue weighted by Crippen LogP contribution is 2.45. The Balaban J connectivity index is 2.51. The molecule has 0 aromatic carbocycles. The lowest BCUT2D eigenvalue weighted by Crippen LogP contribution is -2.47. The molecule has 3 heteroatoms. The van der Waals surface area contributed by atoms with Gasteiger partial charge >= 0.3 is 0 Å². The van der Waals surface area contributed by atoms with E-state index in [0.29, 0.717) is 17.3 Å². The van der Waals surface area contributed by atoms with Gasteiger partial charge in [-0.2, -0.15) is 0 Å². The van der Waals surface area contributed by atoms with Crippen molar-refractivity contribution < 1.29 is 4.79 Å². The molecule has 1 amide bonds. The molecule has 0 spiro atoms. The van der Waals surface area contributed by atoms with Crippen LogP contribution in [0.5, 0.6) is 0 Å². The van der Waals surface area contributed by atoms with E-state index in [-0.39, 0.29) is 23.4 Å². The van der Waals surface area contributed by atoms with Gasteiger partial charge in [-0.25, -0.2) is 0 Å². The van der Waals surface area contributed by atoms with Gasteiger partial charge in [-0.05, 0) is 41.9 Å². The monoisotopic (exact) mass is 296 g/mol. The van der Waals surface area contributed by atoms with Crippen molar-refractivity contribution in [2.45, 2.75) is 92.7 Å². The van der Waals surface area contributed by atoms with Gasteiger partial charge in [0.25, 0.3) is 0 Å². The number of carbonyl (C=O) groups is 1. The molecule has 0 saturated heterocycles. The first-order valence-corrected chi connectivity index (χ1v) is 8.33. The van der Waals surface area contributed by atoms with Gasteiger partial charge in [-0.15, -0.1) is 0 Å². The number of hydrogen-bond acceptors (Lipinski definition) is 2. The average molecular weight is 296 g/mol. The van der Waals surface area contributed by atoms with E-state index in [1.807, 2.05) is 0 Å². The lowest BCUT2D eigenvalue weighted by Gasteiger charge is -2.45. The molecule has 3 N–H and O–H groups in total. The minimum absolute atomic E-state index is 0.0467. The molecule has 0 aromatic heterocycles. The number of nitrogens with one attached hydrogen (secondary N) is 1. The quantitative estimate of drug-likeness (QED) is 0.827. The van der Waals surface area contributed by atoms with E-state index in [0.717, 1.165) is 19.3 Å². The van der Waals surface area contributed by atoms with Crippen LogP contribution in [-0.4, -0.2) is 18.0 Å². The van der Waals surface area contributed by atoms with Crippen LogP contribution in [0.2, 0.25) is 0 Å². The number of carbonyl (C=O) groups excluding carboxylic acids is 1. The third kappa shape index (κ3) is 7.30. The average Bonchev–Trinajstić information content (AvgIpc) is 2.06. The Kier molecular flexibility index (Phi) is 5.52. The molecule has 1 rings (SSSR count). The van der Waals surface area contributed by atoms with E-state index < -0.39 is 0 Å². The van der Waals surface area contributed by atoms with Crippen molar-refractivity contribution in [3.8, 4) is 0 Å². The third-order valence-electron chi connectivity index (χ3n) is 4.24. The number of hydrogen-bond donors (Lipinski definition) is 2. The number of rotatable bonds is 4. The highest BCUT2D eigenvalue weighted by Gasteiger charge is 2.38. The predicted octanol–water partition coefficient (Wildman–Crippen LogP) is 3.86. The number of amides is 1. The molecule has 1 unspecified atom stereocenters. The summed E-state index contributed by atoms with van der Waals surface area (Å²) in [6.07, 6.45) is 4.67. The minimum atomic E-state index is -0.0467. The second-order valence-corrected chi connectivity index (χ2v) is 9.91. The zero-order valence-corrected chi connectivity index (χ0v) is 15.2. The van der Waals surface area contributed by atoms with Crippen LogP contribution >= 0.6 is 0 Å². The van der Waals surface area contributed by atoms with Crippen LogP contribution in [0.1, 0.15) is 80.6 Å². The molecule has 1 atom stereocenters. The fourth-order valence-electron chi connectivity index (χ4n) is 4.33. The summed E-state index contributed by atoms with van der Waals surface area (Å²) in [5, 5.41) is 3.23. The Hall–Kier alpha value is -0.570. The highest BCUT2D eigenvalue weighted by atomic mass is 16.1. The maximum absolute atomic E-state index is 12.2. The van der Waals surface area contributed by atoms with Crippen molar-refractivity contribution in [2.75, 3.05) is 0 Å². The van der Waals surface area contributed by atoms with Gasteiger partial charge in [-0.1, -0.05) is 48.5 Å². The summed E-state index contributed by atoms with van der Waals surface area (Å²) in [5.74, 6) is 0.116. The van der Waals surface area contributed by atoms with E-state index in [1.54, 1.807) is 0 Å². The summed E-state index contributed by atoms with van der Waals surface area (Å²) in [6, 6.07) is 0.243. The first kappa shape index (κ1) is 18.5. The second kappa shape index (κ2) is 6.28. The molecule has 124 valence electrons. The highest BCUT2D eigenvalue weighted by molar-refractivity contribution is 5.76. The summed E-state index contributed by atoms with van der Waals surface area (Å²) >= 11 is 0. The Labute approximate surface area is 131 Å². The fourth-order valence-corrected chi connectivity index (χ4v) is 4.33. The molecular weight excluding hydrogens is 260 g/mol. The van der Waals surface area contributed by atoms with Gasteiger partial charge in [-0.3, -0.25) is 4.79 Å². The van der Waals surface area contributed by atoms with E-state index in [4.69, 9.17) is 5.73 Å². The zero-order chi connectivity index (χ0) is 16.5. The van der Waals surface area contributed by atoms with Gasteiger partial charge < -0.3 is 11.1 Å². The molecule has 0 aliphatic heterocycles. The molecule has 0 bridgehead atoms. The van der Waals surface area contributed by atoms with Gasteiger partial charge in [0.1, 0.15) is 0 Å². The van der Waals surface area contributed by atoms with Crippen molar-refractivity contribution in [1.82, 2.24) is 5.32 Å². The maximum atomic E-state index is 12.2.